The maximum absolute atomic E-state index is 13.1. The third-order valence-electron chi connectivity index (χ3n) is 4.61. The predicted octanol–water partition coefficient (Wildman–Crippen LogP) is 3.57. The first-order valence-corrected chi connectivity index (χ1v) is 9.87. The molecule has 0 aliphatic carbocycles. The van der Waals surface area contributed by atoms with Crippen LogP contribution in [0.15, 0.2) is 42.5 Å². The Morgan fingerprint density at radius 3 is 2.48 bits per heavy atom. The molecular weight excluding hydrogens is 392 g/mol. The van der Waals surface area contributed by atoms with Crippen LogP contribution < -0.4 is 14.7 Å². The van der Waals surface area contributed by atoms with Gasteiger partial charge in [-0.3, -0.25) is 4.79 Å². The Kier molecular flexibility index (Phi) is 6.44. The highest BCUT2D eigenvalue weighted by Gasteiger charge is 2.21. The monoisotopic (exact) mass is 413 g/mol. The number of amides is 1. The summed E-state index contributed by atoms with van der Waals surface area (Å²) in [5.74, 6) is -0.840. The maximum atomic E-state index is 13.1. The Morgan fingerprint density at radius 1 is 1.14 bits per heavy atom. The first-order valence-electron chi connectivity index (χ1n) is 9.49. The number of carboxylic acids is 1. The zero-order chi connectivity index (χ0) is 21.0. The molecule has 0 aliphatic rings. The molecule has 0 spiro atoms. The van der Waals surface area contributed by atoms with Gasteiger partial charge in [-0.25, -0.2) is 0 Å². The first kappa shape index (κ1) is 20.7. The molecule has 0 unspecified atom stereocenters. The van der Waals surface area contributed by atoms with Crippen LogP contribution in [-0.4, -0.2) is 30.0 Å². The van der Waals surface area contributed by atoms with Gasteiger partial charge in [-0.2, -0.15) is 0 Å². The van der Waals surface area contributed by atoms with Crippen molar-refractivity contribution >= 4 is 40.1 Å². The fraction of sp³-hybridized carbons (Fsp3) is 0.273. The average molecular weight is 414 g/mol. The number of ether oxygens (including phenoxy) is 1. The van der Waals surface area contributed by atoms with Gasteiger partial charge in [0.25, 0.3) is 0 Å². The van der Waals surface area contributed by atoms with Crippen LogP contribution in [0.25, 0.3) is 10.9 Å². The lowest BCUT2D eigenvalue weighted by Crippen LogP contribution is -2.34. The van der Waals surface area contributed by atoms with E-state index >= 15 is 0 Å². The average Bonchev–Trinajstić information content (AvgIpc) is 3.05. The summed E-state index contributed by atoms with van der Waals surface area (Å²) < 4.78 is 5.46. The van der Waals surface area contributed by atoms with Crippen molar-refractivity contribution in [2.45, 2.75) is 26.7 Å². The van der Waals surface area contributed by atoms with E-state index in [9.17, 15) is 14.7 Å². The number of hydrogen-bond donors (Lipinski definition) is 1. The van der Waals surface area contributed by atoms with Crippen molar-refractivity contribution in [2.24, 2.45) is 0 Å². The Hall–Kier alpha value is -2.99. The summed E-state index contributed by atoms with van der Waals surface area (Å²) in [6.45, 7) is 4.96. The van der Waals surface area contributed by atoms with Crippen molar-refractivity contribution < 1.29 is 19.4 Å². The molecule has 0 fully saturated rings. The molecule has 3 rings (SSSR count). The Balaban J connectivity index is 1.95. The minimum absolute atomic E-state index is 0.0864. The fourth-order valence-electron chi connectivity index (χ4n) is 3.33. The van der Waals surface area contributed by atoms with E-state index in [0.717, 1.165) is 17.9 Å². The molecule has 3 aromatic rings. The number of anilines is 1. The van der Waals surface area contributed by atoms with Gasteiger partial charge in [0, 0.05) is 28.2 Å². The molecule has 0 saturated heterocycles. The van der Waals surface area contributed by atoms with E-state index in [2.05, 4.69) is 4.98 Å². The smallest absolute Gasteiger partial charge is 0.231 e. The number of aromatic carboxylic acids is 1. The number of H-pyrrole nitrogens is 1. The van der Waals surface area contributed by atoms with Crippen LogP contribution in [0.2, 0.25) is 5.02 Å². The number of hydrogen-bond acceptors (Lipinski definition) is 4. The van der Waals surface area contributed by atoms with Gasteiger partial charge < -0.3 is 24.5 Å². The minimum Gasteiger partial charge on any atom is -0.543 e. The summed E-state index contributed by atoms with van der Waals surface area (Å²) in [6.07, 6.45) is 0.670. The quantitative estimate of drug-likeness (QED) is 0.611. The third-order valence-corrected chi connectivity index (χ3v) is 4.84. The van der Waals surface area contributed by atoms with Crippen molar-refractivity contribution in [3.8, 4) is 5.75 Å². The van der Waals surface area contributed by atoms with Crippen molar-refractivity contribution in [2.75, 3.05) is 18.1 Å². The van der Waals surface area contributed by atoms with Crippen molar-refractivity contribution in [1.29, 1.82) is 0 Å². The molecule has 2 aromatic carbocycles. The van der Waals surface area contributed by atoms with E-state index in [1.807, 2.05) is 38.1 Å². The SMILES string of the molecule is CCCN(C(=O)Cc1c(C(=O)[O-])[nH]c2ccc(Cl)cc12)c1ccc(OCC)cc1. The summed E-state index contributed by atoms with van der Waals surface area (Å²) in [6, 6.07) is 12.3. The summed E-state index contributed by atoms with van der Waals surface area (Å²) in [4.78, 5) is 29.2. The van der Waals surface area contributed by atoms with E-state index < -0.39 is 5.97 Å². The molecule has 0 atom stereocenters. The largest absolute Gasteiger partial charge is 0.543 e. The molecule has 152 valence electrons. The highest BCUT2D eigenvalue weighted by Crippen LogP contribution is 2.28. The third kappa shape index (κ3) is 4.54. The molecule has 6 nitrogen and oxygen atoms in total. The Morgan fingerprint density at radius 2 is 1.86 bits per heavy atom. The first-order chi connectivity index (χ1) is 13.9. The van der Waals surface area contributed by atoms with Crippen LogP contribution in [0.1, 0.15) is 36.3 Å². The minimum atomic E-state index is -1.36. The molecule has 0 saturated carbocycles. The maximum Gasteiger partial charge on any atom is 0.231 e. The number of nitrogens with one attached hydrogen (secondary N) is 1. The van der Waals surface area contributed by atoms with Gasteiger partial charge in [0.2, 0.25) is 5.91 Å². The second-order valence-corrected chi connectivity index (χ2v) is 7.04. The van der Waals surface area contributed by atoms with Gasteiger partial charge in [-0.1, -0.05) is 18.5 Å². The Labute approximate surface area is 174 Å². The van der Waals surface area contributed by atoms with E-state index in [0.29, 0.717) is 34.6 Å². The number of benzene rings is 2. The molecule has 1 aromatic heterocycles. The molecule has 0 aliphatic heterocycles. The summed E-state index contributed by atoms with van der Waals surface area (Å²) in [7, 11) is 0. The van der Waals surface area contributed by atoms with Crippen LogP contribution in [0.3, 0.4) is 0 Å². The highest BCUT2D eigenvalue weighted by atomic mass is 35.5. The number of aromatic amines is 1. The number of carboxylic acid groups (broad SMARTS) is 1. The van der Waals surface area contributed by atoms with Crippen LogP contribution in [0.5, 0.6) is 5.75 Å². The zero-order valence-electron chi connectivity index (χ0n) is 16.3. The lowest BCUT2D eigenvalue weighted by molar-refractivity contribution is -0.255. The standard InChI is InChI=1S/C22H23ClN2O4/c1-3-11-25(15-6-8-16(9-7-15)29-4-2)20(26)13-18-17-12-14(23)5-10-19(17)24-21(18)22(27)28/h5-10,12,24H,3-4,11,13H2,1-2H3,(H,27,28)/p-1. The molecule has 7 heteroatoms. The van der Waals surface area contributed by atoms with Crippen LogP contribution >= 0.6 is 11.6 Å². The van der Waals surface area contributed by atoms with E-state index in [4.69, 9.17) is 16.3 Å². The van der Waals surface area contributed by atoms with Crippen molar-refractivity contribution in [3.63, 3.8) is 0 Å². The number of aromatic nitrogens is 1. The molecular formula is C22H22ClN2O4-. The fourth-order valence-corrected chi connectivity index (χ4v) is 3.51. The second kappa shape index (κ2) is 9.01. The van der Waals surface area contributed by atoms with Gasteiger partial charge >= 0.3 is 0 Å². The van der Waals surface area contributed by atoms with E-state index in [1.54, 1.807) is 23.1 Å². The lowest BCUT2D eigenvalue weighted by Gasteiger charge is -2.23. The molecule has 1 heterocycles. The summed E-state index contributed by atoms with van der Waals surface area (Å²) in [5.41, 5.74) is 1.60. The van der Waals surface area contributed by atoms with Gasteiger partial charge in [-0.05, 0) is 61.4 Å². The van der Waals surface area contributed by atoms with Gasteiger partial charge in [-0.15, -0.1) is 0 Å². The van der Waals surface area contributed by atoms with Gasteiger partial charge in [0.1, 0.15) is 5.75 Å². The number of carbonyl (C=O) groups excluding carboxylic acids is 2. The lowest BCUT2D eigenvalue weighted by atomic mass is 10.1. The highest BCUT2D eigenvalue weighted by molar-refractivity contribution is 6.31. The van der Waals surface area contributed by atoms with Crippen LogP contribution in [0, 0.1) is 0 Å². The molecule has 1 amide bonds. The molecule has 1 N–H and O–H groups in total. The zero-order valence-corrected chi connectivity index (χ0v) is 17.1. The topological polar surface area (TPSA) is 85.5 Å². The van der Waals surface area contributed by atoms with E-state index in [-0.39, 0.29) is 18.0 Å². The van der Waals surface area contributed by atoms with Crippen molar-refractivity contribution in [1.82, 2.24) is 4.98 Å². The summed E-state index contributed by atoms with van der Waals surface area (Å²) >= 11 is 6.08. The predicted molar refractivity (Wildman–Crippen MR) is 112 cm³/mol. The number of rotatable bonds is 8. The van der Waals surface area contributed by atoms with Crippen molar-refractivity contribution in [3.05, 3.63) is 58.7 Å². The number of halogens is 1. The Bertz CT molecular complexity index is 1030. The van der Waals surface area contributed by atoms with E-state index in [1.165, 1.54) is 0 Å². The van der Waals surface area contributed by atoms with Gasteiger partial charge in [0.15, 0.2) is 0 Å². The van der Waals surface area contributed by atoms with Crippen LogP contribution in [0.4, 0.5) is 5.69 Å². The molecule has 0 bridgehead atoms. The number of nitrogens with zero attached hydrogens (tertiary/aromatic N) is 1. The normalized spacial score (nSPS) is 10.9. The number of fused-ring (bicyclic) bond motifs is 1. The summed E-state index contributed by atoms with van der Waals surface area (Å²) in [5, 5.41) is 12.7. The van der Waals surface area contributed by atoms with Crippen LogP contribution in [-0.2, 0) is 11.2 Å². The second-order valence-electron chi connectivity index (χ2n) is 6.60. The van der Waals surface area contributed by atoms with Gasteiger partial charge in [0.05, 0.1) is 24.7 Å². The number of carbonyl (C=O) groups is 2. The molecule has 29 heavy (non-hydrogen) atoms. The molecule has 0 radical (unpaired) electrons.